The van der Waals surface area contributed by atoms with Crippen LogP contribution in [0.3, 0.4) is 0 Å². The molecule has 3 heterocycles. The van der Waals surface area contributed by atoms with Gasteiger partial charge in [0.25, 0.3) is 0 Å². The van der Waals surface area contributed by atoms with E-state index < -0.39 is 0 Å². The van der Waals surface area contributed by atoms with Crippen LogP contribution in [-0.2, 0) is 0 Å². The Labute approximate surface area is 221 Å². The van der Waals surface area contributed by atoms with Crippen molar-refractivity contribution in [3.8, 4) is 28.2 Å². The molecule has 0 aliphatic rings. The first-order chi connectivity index (χ1) is 18.5. The number of aromatic nitrogens is 4. The molecule has 0 atom stereocenters. The van der Waals surface area contributed by atoms with Gasteiger partial charge in [-0.2, -0.15) is 0 Å². The van der Waals surface area contributed by atoms with Crippen LogP contribution in [0.5, 0.6) is 0 Å². The van der Waals surface area contributed by atoms with Gasteiger partial charge in [-0.1, -0.05) is 71.8 Å². The van der Waals surface area contributed by atoms with Crippen LogP contribution in [0.2, 0.25) is 0 Å². The third-order valence-electron chi connectivity index (χ3n) is 7.50. The van der Waals surface area contributed by atoms with Gasteiger partial charge in [0.1, 0.15) is 5.82 Å². The van der Waals surface area contributed by atoms with E-state index in [0.717, 1.165) is 50.5 Å². The Morgan fingerprint density at radius 2 is 1.18 bits per heavy atom. The normalized spacial score (nSPS) is 11.7. The fourth-order valence-electron chi connectivity index (χ4n) is 5.74. The lowest BCUT2D eigenvalue weighted by atomic mass is 9.96. The van der Waals surface area contributed by atoms with Crippen LogP contribution in [-0.4, -0.2) is 18.9 Å². The molecule has 4 nitrogen and oxygen atoms in total. The van der Waals surface area contributed by atoms with E-state index in [-0.39, 0.29) is 0 Å². The van der Waals surface area contributed by atoms with Crippen molar-refractivity contribution < 1.29 is 0 Å². The molecule has 0 fully saturated rings. The Morgan fingerprint density at radius 1 is 0.553 bits per heavy atom. The molecule has 0 amide bonds. The number of para-hydroxylation sites is 4. The highest BCUT2D eigenvalue weighted by atomic mass is 15.2. The zero-order chi connectivity index (χ0) is 26.0. The molecule has 0 spiro atoms. The van der Waals surface area contributed by atoms with Crippen LogP contribution in [0.15, 0.2) is 97.1 Å². The first kappa shape index (κ1) is 22.5. The quantitative estimate of drug-likeness (QED) is 0.248. The molecule has 0 bridgehead atoms. The molecule has 7 rings (SSSR count). The molecule has 184 valence electrons. The summed E-state index contributed by atoms with van der Waals surface area (Å²) < 4.78 is 4.45. The Kier molecular flexibility index (Phi) is 4.98. The summed E-state index contributed by atoms with van der Waals surface area (Å²) in [5.74, 6) is 1.73. The lowest BCUT2D eigenvalue weighted by Gasteiger charge is -2.14. The number of benzene rings is 4. The predicted octanol–water partition coefficient (Wildman–Crippen LogP) is 8.39. The number of rotatable bonds is 3. The summed E-state index contributed by atoms with van der Waals surface area (Å²) in [7, 11) is 0. The van der Waals surface area contributed by atoms with E-state index in [1.165, 1.54) is 27.8 Å². The number of hydrogen-bond donors (Lipinski definition) is 0. The number of hydrogen-bond acceptors (Lipinski definition) is 2. The van der Waals surface area contributed by atoms with Gasteiger partial charge in [0.2, 0.25) is 5.78 Å². The van der Waals surface area contributed by atoms with Gasteiger partial charge in [-0.05, 0) is 86.3 Å². The van der Waals surface area contributed by atoms with Crippen molar-refractivity contribution in [2.45, 2.75) is 27.7 Å². The fraction of sp³-hybridized carbons (Fsp3) is 0.118. The van der Waals surface area contributed by atoms with E-state index in [4.69, 9.17) is 9.97 Å². The molecule has 4 heteroatoms. The maximum absolute atomic E-state index is 5.29. The molecule has 0 saturated heterocycles. The number of aryl methyl sites for hydroxylation is 4. The predicted molar refractivity (Wildman–Crippen MR) is 157 cm³/mol. The van der Waals surface area contributed by atoms with Crippen LogP contribution < -0.4 is 0 Å². The van der Waals surface area contributed by atoms with Crippen LogP contribution >= 0.6 is 0 Å². The Morgan fingerprint density at radius 3 is 1.89 bits per heavy atom. The molecule has 0 unspecified atom stereocenters. The standard InChI is InChI=1S/C34H28N4/c1-21-13-15-26(23(3)17-21)25-19-29(27-16-14-22(2)18-24(27)4)35-33(20-25)38-32-12-8-7-11-31(32)37-30-10-6-5-9-28(30)36-34(37)38/h5-20H,1-4H3. The molecule has 0 saturated carbocycles. The summed E-state index contributed by atoms with van der Waals surface area (Å²) in [6.07, 6.45) is 0. The summed E-state index contributed by atoms with van der Waals surface area (Å²) >= 11 is 0. The summed E-state index contributed by atoms with van der Waals surface area (Å²) in [5.41, 5.74) is 13.7. The average molecular weight is 493 g/mol. The van der Waals surface area contributed by atoms with Crippen LogP contribution in [0.25, 0.3) is 56.0 Å². The SMILES string of the molecule is Cc1ccc(-c2cc(-c3ccc(C)cc3C)nc(-n3c4ccccc4n4c5ccccc5nc34)c2)c(C)c1. The highest BCUT2D eigenvalue weighted by molar-refractivity contribution is 5.92. The minimum Gasteiger partial charge on any atom is -0.276 e. The summed E-state index contributed by atoms with van der Waals surface area (Å²) in [4.78, 5) is 10.4. The van der Waals surface area contributed by atoms with E-state index in [1.54, 1.807) is 0 Å². The van der Waals surface area contributed by atoms with E-state index in [1.807, 2.05) is 6.07 Å². The van der Waals surface area contributed by atoms with E-state index in [0.29, 0.717) is 0 Å². The van der Waals surface area contributed by atoms with Gasteiger partial charge in [0, 0.05) is 5.56 Å². The van der Waals surface area contributed by atoms with Crippen LogP contribution in [0.1, 0.15) is 22.3 Å². The Bertz CT molecular complexity index is 1950. The molecule has 4 aromatic carbocycles. The number of nitrogens with zero attached hydrogens (tertiary/aromatic N) is 4. The largest absolute Gasteiger partial charge is 0.276 e. The lowest BCUT2D eigenvalue weighted by Crippen LogP contribution is -2.02. The second-order valence-electron chi connectivity index (χ2n) is 10.3. The minimum atomic E-state index is 0.860. The van der Waals surface area contributed by atoms with E-state index >= 15 is 0 Å². The van der Waals surface area contributed by atoms with Gasteiger partial charge in [-0.25, -0.2) is 9.97 Å². The molecule has 3 aromatic heterocycles. The smallest absolute Gasteiger partial charge is 0.221 e. The topological polar surface area (TPSA) is 35.1 Å². The van der Waals surface area contributed by atoms with Gasteiger partial charge < -0.3 is 0 Å². The van der Waals surface area contributed by atoms with E-state index in [9.17, 15) is 0 Å². The maximum Gasteiger partial charge on any atom is 0.221 e. The van der Waals surface area contributed by atoms with Crippen LogP contribution in [0, 0.1) is 27.7 Å². The van der Waals surface area contributed by atoms with Gasteiger partial charge >= 0.3 is 0 Å². The third-order valence-corrected chi connectivity index (χ3v) is 7.50. The van der Waals surface area contributed by atoms with Gasteiger partial charge in [0.15, 0.2) is 0 Å². The summed E-state index contributed by atoms with van der Waals surface area (Å²) in [6, 6.07) is 34.5. The van der Waals surface area contributed by atoms with Crippen molar-refractivity contribution in [2.24, 2.45) is 0 Å². The molecular formula is C34H28N4. The lowest BCUT2D eigenvalue weighted by molar-refractivity contribution is 1.04. The van der Waals surface area contributed by atoms with Gasteiger partial charge in [-0.15, -0.1) is 0 Å². The van der Waals surface area contributed by atoms with Gasteiger partial charge in [0.05, 0.1) is 27.8 Å². The van der Waals surface area contributed by atoms with E-state index in [2.05, 4.69) is 128 Å². The van der Waals surface area contributed by atoms with Crippen molar-refractivity contribution >= 4 is 27.8 Å². The maximum atomic E-state index is 5.29. The van der Waals surface area contributed by atoms with Crippen molar-refractivity contribution in [3.63, 3.8) is 0 Å². The van der Waals surface area contributed by atoms with Crippen molar-refractivity contribution in [2.75, 3.05) is 0 Å². The first-order valence-electron chi connectivity index (χ1n) is 13.0. The molecule has 0 radical (unpaired) electrons. The number of pyridine rings is 1. The highest BCUT2D eigenvalue weighted by Crippen LogP contribution is 2.34. The Balaban J connectivity index is 1.59. The molecule has 0 N–H and O–H groups in total. The fourth-order valence-corrected chi connectivity index (χ4v) is 5.74. The van der Waals surface area contributed by atoms with Crippen molar-refractivity contribution in [1.29, 1.82) is 0 Å². The third kappa shape index (κ3) is 3.45. The molecule has 38 heavy (non-hydrogen) atoms. The van der Waals surface area contributed by atoms with Crippen LogP contribution in [0.4, 0.5) is 0 Å². The van der Waals surface area contributed by atoms with Crippen molar-refractivity contribution in [3.05, 3.63) is 119 Å². The molecular weight excluding hydrogens is 464 g/mol. The zero-order valence-electron chi connectivity index (χ0n) is 22.0. The highest BCUT2D eigenvalue weighted by Gasteiger charge is 2.19. The molecule has 0 aliphatic heterocycles. The van der Waals surface area contributed by atoms with Gasteiger partial charge in [-0.3, -0.25) is 8.97 Å². The van der Waals surface area contributed by atoms with Crippen molar-refractivity contribution in [1.82, 2.24) is 18.9 Å². The average Bonchev–Trinajstić information content (AvgIpc) is 3.43. The Hall–Kier alpha value is -4.70. The number of imidazole rings is 2. The second kappa shape index (κ2) is 8.42. The molecule has 0 aliphatic carbocycles. The summed E-state index contributed by atoms with van der Waals surface area (Å²) in [6.45, 7) is 8.62. The monoisotopic (exact) mass is 492 g/mol. The minimum absolute atomic E-state index is 0.860. The molecule has 7 aromatic rings. The second-order valence-corrected chi connectivity index (χ2v) is 10.3. The zero-order valence-corrected chi connectivity index (χ0v) is 22.0. The first-order valence-corrected chi connectivity index (χ1v) is 13.0. The number of fused-ring (bicyclic) bond motifs is 5. The summed E-state index contributed by atoms with van der Waals surface area (Å²) in [5, 5.41) is 0.